The first-order chi connectivity index (χ1) is 28.8. The highest BCUT2D eigenvalue weighted by molar-refractivity contribution is 6.27. The van der Waals surface area contributed by atoms with Crippen LogP contribution < -0.4 is 0 Å². The molecule has 9 aromatic carbocycles. The van der Waals surface area contributed by atoms with E-state index < -0.39 is 0 Å². The van der Waals surface area contributed by atoms with Gasteiger partial charge in [0.25, 0.3) is 0 Å². The summed E-state index contributed by atoms with van der Waals surface area (Å²) in [6.07, 6.45) is 0. The quantitative estimate of drug-likeness (QED) is 0.177. The fourth-order valence-electron chi connectivity index (χ4n) is 9.74. The first-order valence-corrected chi connectivity index (χ1v) is 19.9. The van der Waals surface area contributed by atoms with Gasteiger partial charge in [-0.15, -0.1) is 0 Å². The van der Waals surface area contributed by atoms with E-state index in [4.69, 9.17) is 4.42 Å². The maximum Gasteiger partial charge on any atom is 0.160 e. The smallest absolute Gasteiger partial charge is 0.160 e. The van der Waals surface area contributed by atoms with Gasteiger partial charge in [0, 0.05) is 60.2 Å². The van der Waals surface area contributed by atoms with E-state index in [1.807, 2.05) is 6.07 Å². The SMILES string of the molecule is c1ccc(-n2c3ccc(-c4ccc5c6ccc7c8ccccc8oc7c6n(-c6ccccc6)c5c4)cc3c3c2ccc2c4ccccc4n(-c4ccccc4)c23)cc1. The molecular weight excluding hydrogens is 707 g/mol. The largest absolute Gasteiger partial charge is 0.454 e. The Balaban J connectivity index is 1.13. The van der Waals surface area contributed by atoms with Gasteiger partial charge in [-0.1, -0.05) is 121 Å². The lowest BCUT2D eigenvalue weighted by molar-refractivity contribution is 0.671. The minimum atomic E-state index is 0.902. The third-order valence-corrected chi connectivity index (χ3v) is 12.2. The number of benzene rings is 9. The molecule has 0 atom stereocenters. The van der Waals surface area contributed by atoms with Crippen molar-refractivity contribution in [3.8, 4) is 28.2 Å². The number of fused-ring (bicyclic) bond motifs is 14. The van der Waals surface area contributed by atoms with Gasteiger partial charge in [0.1, 0.15) is 5.58 Å². The Morgan fingerprint density at radius 1 is 0.293 bits per heavy atom. The Hall–Kier alpha value is -7.82. The van der Waals surface area contributed by atoms with Crippen molar-refractivity contribution in [1.29, 1.82) is 0 Å². The molecule has 4 aromatic heterocycles. The number of para-hydroxylation sites is 5. The lowest BCUT2D eigenvalue weighted by Gasteiger charge is -2.10. The maximum absolute atomic E-state index is 6.67. The zero-order valence-corrected chi connectivity index (χ0v) is 31.3. The van der Waals surface area contributed by atoms with Crippen LogP contribution in [0.25, 0.3) is 116 Å². The summed E-state index contributed by atoms with van der Waals surface area (Å²) in [6, 6.07) is 72.4. The zero-order valence-electron chi connectivity index (χ0n) is 31.3. The van der Waals surface area contributed by atoms with Crippen molar-refractivity contribution >= 4 is 87.4 Å². The van der Waals surface area contributed by atoms with Crippen LogP contribution in [0.1, 0.15) is 0 Å². The van der Waals surface area contributed by atoms with E-state index in [0.29, 0.717) is 0 Å². The lowest BCUT2D eigenvalue weighted by Crippen LogP contribution is -1.95. The highest BCUT2D eigenvalue weighted by Crippen LogP contribution is 2.45. The number of furan rings is 1. The molecule has 0 radical (unpaired) electrons. The van der Waals surface area contributed by atoms with Gasteiger partial charge >= 0.3 is 0 Å². The minimum absolute atomic E-state index is 0.902. The van der Waals surface area contributed by atoms with Crippen molar-refractivity contribution in [1.82, 2.24) is 13.7 Å². The second-order valence-corrected chi connectivity index (χ2v) is 15.3. The molecule has 0 amide bonds. The molecule has 0 spiro atoms. The molecule has 13 aromatic rings. The Morgan fingerprint density at radius 3 is 1.55 bits per heavy atom. The van der Waals surface area contributed by atoms with Gasteiger partial charge in [-0.25, -0.2) is 0 Å². The molecule has 13 rings (SSSR count). The van der Waals surface area contributed by atoms with Gasteiger partial charge in [-0.05, 0) is 90.0 Å². The predicted molar refractivity (Wildman–Crippen MR) is 242 cm³/mol. The summed E-state index contributed by atoms with van der Waals surface area (Å²) in [4.78, 5) is 0. The summed E-state index contributed by atoms with van der Waals surface area (Å²) in [6.45, 7) is 0. The van der Waals surface area contributed by atoms with Crippen molar-refractivity contribution in [3.63, 3.8) is 0 Å². The van der Waals surface area contributed by atoms with Crippen molar-refractivity contribution in [3.05, 3.63) is 200 Å². The molecule has 0 saturated heterocycles. The molecule has 4 heteroatoms. The van der Waals surface area contributed by atoms with Crippen LogP contribution in [0.15, 0.2) is 205 Å². The Kier molecular flexibility index (Phi) is 6.41. The molecule has 0 aliphatic heterocycles. The molecule has 0 saturated carbocycles. The average molecular weight is 740 g/mol. The highest BCUT2D eigenvalue weighted by atomic mass is 16.3. The monoisotopic (exact) mass is 739 g/mol. The van der Waals surface area contributed by atoms with Crippen molar-refractivity contribution < 1.29 is 4.42 Å². The zero-order chi connectivity index (χ0) is 37.9. The second-order valence-electron chi connectivity index (χ2n) is 15.3. The number of nitrogens with zero attached hydrogens (tertiary/aromatic N) is 3. The molecule has 0 aliphatic carbocycles. The summed E-state index contributed by atoms with van der Waals surface area (Å²) in [5.41, 5.74) is 14.5. The van der Waals surface area contributed by atoms with Crippen LogP contribution in [0.4, 0.5) is 0 Å². The summed E-state index contributed by atoms with van der Waals surface area (Å²) >= 11 is 0. The third kappa shape index (κ3) is 4.29. The summed E-state index contributed by atoms with van der Waals surface area (Å²) in [5.74, 6) is 0. The number of aromatic nitrogens is 3. The molecule has 0 bridgehead atoms. The van der Waals surface area contributed by atoms with Crippen LogP contribution in [-0.2, 0) is 0 Å². The van der Waals surface area contributed by atoms with Gasteiger partial charge in [-0.2, -0.15) is 0 Å². The van der Waals surface area contributed by atoms with Crippen molar-refractivity contribution in [2.45, 2.75) is 0 Å². The fourth-order valence-corrected chi connectivity index (χ4v) is 9.74. The first kappa shape index (κ1) is 31.4. The van der Waals surface area contributed by atoms with Crippen LogP contribution >= 0.6 is 0 Å². The van der Waals surface area contributed by atoms with Gasteiger partial charge in [0.15, 0.2) is 5.58 Å². The van der Waals surface area contributed by atoms with Crippen LogP contribution in [0.2, 0.25) is 0 Å². The van der Waals surface area contributed by atoms with Gasteiger partial charge in [0.2, 0.25) is 0 Å². The highest BCUT2D eigenvalue weighted by Gasteiger charge is 2.23. The lowest BCUT2D eigenvalue weighted by atomic mass is 10.00. The molecule has 0 fully saturated rings. The molecule has 4 heterocycles. The van der Waals surface area contributed by atoms with E-state index in [9.17, 15) is 0 Å². The summed E-state index contributed by atoms with van der Waals surface area (Å²) in [5, 5.41) is 9.58. The predicted octanol–water partition coefficient (Wildman–Crippen LogP) is 14.5. The van der Waals surface area contributed by atoms with E-state index in [1.54, 1.807) is 0 Å². The van der Waals surface area contributed by atoms with Crippen molar-refractivity contribution in [2.24, 2.45) is 0 Å². The Morgan fingerprint density at radius 2 is 0.793 bits per heavy atom. The van der Waals surface area contributed by atoms with Crippen LogP contribution in [0.5, 0.6) is 0 Å². The first-order valence-electron chi connectivity index (χ1n) is 19.9. The van der Waals surface area contributed by atoms with Crippen LogP contribution in [0.3, 0.4) is 0 Å². The van der Waals surface area contributed by atoms with Crippen LogP contribution in [0, 0.1) is 0 Å². The van der Waals surface area contributed by atoms with Gasteiger partial charge in [0.05, 0.1) is 33.1 Å². The summed E-state index contributed by atoms with van der Waals surface area (Å²) in [7, 11) is 0. The molecular formula is C54H33N3O. The van der Waals surface area contributed by atoms with E-state index in [0.717, 1.165) is 55.6 Å². The molecule has 0 unspecified atom stereocenters. The fraction of sp³-hybridized carbons (Fsp3) is 0. The van der Waals surface area contributed by atoms with Crippen LogP contribution in [-0.4, -0.2) is 13.7 Å². The molecule has 58 heavy (non-hydrogen) atoms. The van der Waals surface area contributed by atoms with E-state index >= 15 is 0 Å². The van der Waals surface area contributed by atoms with Gasteiger partial charge in [-0.3, -0.25) is 0 Å². The topological polar surface area (TPSA) is 27.9 Å². The standard InChI is InChI=1S/C54H33N3O/c1-4-14-36(15-5-1)55-47-30-25-34(32-45(47)51-48(55)31-29-42-39-20-10-12-22-46(39)56(52(42)51)37-16-6-2-7-17-37)35-24-26-40-43-27-28-44-41-21-11-13-23-50(41)58-54(44)53(43)57(49(40)33-35)38-18-8-3-9-19-38/h1-33H. The normalized spacial score (nSPS) is 12.1. The van der Waals surface area contributed by atoms with E-state index in [1.165, 1.54) is 59.9 Å². The number of hydrogen-bond acceptors (Lipinski definition) is 1. The average Bonchev–Trinajstić information content (AvgIpc) is 4.03. The van der Waals surface area contributed by atoms with Crippen molar-refractivity contribution in [2.75, 3.05) is 0 Å². The third-order valence-electron chi connectivity index (χ3n) is 12.2. The molecule has 0 N–H and O–H groups in total. The molecule has 0 aliphatic rings. The maximum atomic E-state index is 6.67. The number of hydrogen-bond donors (Lipinski definition) is 0. The number of rotatable bonds is 4. The second kappa shape index (κ2) is 11.8. The Labute approximate surface area is 332 Å². The Bertz CT molecular complexity index is 3770. The molecule has 4 nitrogen and oxygen atoms in total. The van der Waals surface area contributed by atoms with Gasteiger partial charge < -0.3 is 18.1 Å². The van der Waals surface area contributed by atoms with E-state index in [2.05, 4.69) is 208 Å². The minimum Gasteiger partial charge on any atom is -0.454 e. The molecule has 270 valence electrons. The van der Waals surface area contributed by atoms with E-state index in [-0.39, 0.29) is 0 Å². The summed E-state index contributed by atoms with van der Waals surface area (Å²) < 4.78 is 13.9.